The molecule has 0 aliphatic rings. The zero-order valence-corrected chi connectivity index (χ0v) is 15.7. The number of hydrogen-bond acceptors (Lipinski definition) is 4. The van der Waals surface area contributed by atoms with Crippen LogP contribution in [0.1, 0.15) is 21.7 Å². The van der Waals surface area contributed by atoms with Gasteiger partial charge in [-0.1, -0.05) is 29.3 Å². The van der Waals surface area contributed by atoms with E-state index in [1.807, 2.05) is 19.9 Å². The van der Waals surface area contributed by atoms with Crippen LogP contribution in [-0.2, 0) is 6.73 Å². The molecule has 0 bridgehead atoms. The molecule has 0 fully saturated rings. The number of carbonyl (C=O) groups is 1. The van der Waals surface area contributed by atoms with Gasteiger partial charge in [0, 0.05) is 11.9 Å². The van der Waals surface area contributed by atoms with Crippen LogP contribution in [0.2, 0.25) is 10.0 Å². The molecule has 6 nitrogen and oxygen atoms in total. The van der Waals surface area contributed by atoms with E-state index in [0.717, 1.165) is 11.3 Å². The van der Waals surface area contributed by atoms with E-state index in [0.29, 0.717) is 21.6 Å². The summed E-state index contributed by atoms with van der Waals surface area (Å²) >= 11 is 12.0. The fourth-order valence-corrected chi connectivity index (χ4v) is 2.72. The first kappa shape index (κ1) is 18.2. The maximum absolute atomic E-state index is 12.3. The second-order valence-corrected chi connectivity index (χ2v) is 6.48. The van der Waals surface area contributed by atoms with Crippen LogP contribution >= 0.6 is 23.2 Å². The van der Waals surface area contributed by atoms with E-state index in [2.05, 4.69) is 15.4 Å². The minimum atomic E-state index is -0.345. The third-order valence-electron chi connectivity index (χ3n) is 3.48. The van der Waals surface area contributed by atoms with Gasteiger partial charge in [0.1, 0.15) is 16.6 Å². The first-order chi connectivity index (χ1) is 12.4. The van der Waals surface area contributed by atoms with Crippen LogP contribution in [0.15, 0.2) is 42.6 Å². The van der Waals surface area contributed by atoms with E-state index in [1.165, 1.54) is 4.68 Å². The molecule has 3 rings (SSSR count). The molecule has 0 atom stereocenters. The molecule has 2 aromatic heterocycles. The van der Waals surface area contributed by atoms with Gasteiger partial charge in [0.2, 0.25) is 0 Å². The highest BCUT2D eigenvalue weighted by atomic mass is 35.5. The monoisotopic (exact) mass is 390 g/mol. The molecule has 1 N–H and O–H groups in total. The zero-order chi connectivity index (χ0) is 18.7. The third-order valence-corrected chi connectivity index (χ3v) is 4.28. The summed E-state index contributed by atoms with van der Waals surface area (Å²) in [5.41, 5.74) is 2.11. The lowest BCUT2D eigenvalue weighted by Gasteiger charge is -2.08. The van der Waals surface area contributed by atoms with Gasteiger partial charge in [-0.3, -0.25) is 4.79 Å². The Kier molecular flexibility index (Phi) is 5.44. The lowest BCUT2D eigenvalue weighted by atomic mass is 10.2. The van der Waals surface area contributed by atoms with Gasteiger partial charge in [-0.25, -0.2) is 9.67 Å². The second kappa shape index (κ2) is 7.76. The van der Waals surface area contributed by atoms with Crippen LogP contribution in [0.5, 0.6) is 5.75 Å². The van der Waals surface area contributed by atoms with Gasteiger partial charge >= 0.3 is 0 Å². The average Bonchev–Trinajstić information content (AvgIpc) is 3.04. The van der Waals surface area contributed by atoms with Crippen molar-refractivity contribution >= 4 is 34.9 Å². The van der Waals surface area contributed by atoms with Gasteiger partial charge in [-0.15, -0.1) is 0 Å². The number of aromatic nitrogens is 3. The van der Waals surface area contributed by atoms with E-state index in [-0.39, 0.29) is 18.3 Å². The number of nitrogens with one attached hydrogen (secondary N) is 1. The number of anilines is 1. The second-order valence-electron chi connectivity index (χ2n) is 5.69. The summed E-state index contributed by atoms with van der Waals surface area (Å²) in [6.45, 7) is 3.90. The summed E-state index contributed by atoms with van der Waals surface area (Å²) in [7, 11) is 0. The molecule has 0 saturated carbocycles. The SMILES string of the molecule is Cc1cc(C)nc(NC(=O)c2ccn(COc3cccc(Cl)c3Cl)n2)c1. The summed E-state index contributed by atoms with van der Waals surface area (Å²) < 4.78 is 7.07. The Hall–Kier alpha value is -2.57. The number of amides is 1. The molecular weight excluding hydrogens is 375 g/mol. The highest BCUT2D eigenvalue weighted by Gasteiger charge is 2.12. The normalized spacial score (nSPS) is 10.6. The number of hydrogen-bond donors (Lipinski definition) is 1. The quantitative estimate of drug-likeness (QED) is 0.696. The molecule has 8 heteroatoms. The fraction of sp³-hybridized carbons (Fsp3) is 0.167. The van der Waals surface area contributed by atoms with Crippen molar-refractivity contribution in [3.8, 4) is 5.75 Å². The number of ether oxygens (including phenoxy) is 1. The summed E-state index contributed by atoms with van der Waals surface area (Å²) in [4.78, 5) is 16.6. The largest absolute Gasteiger partial charge is 0.470 e. The molecule has 0 spiro atoms. The van der Waals surface area contributed by atoms with Crippen molar-refractivity contribution in [3.63, 3.8) is 0 Å². The van der Waals surface area contributed by atoms with Gasteiger partial charge in [0.15, 0.2) is 12.4 Å². The number of nitrogens with zero attached hydrogens (tertiary/aromatic N) is 3. The van der Waals surface area contributed by atoms with E-state index in [4.69, 9.17) is 27.9 Å². The predicted octanol–water partition coefficient (Wildman–Crippen LogP) is 4.49. The van der Waals surface area contributed by atoms with Crippen LogP contribution in [0.3, 0.4) is 0 Å². The first-order valence-corrected chi connectivity index (χ1v) is 8.55. The van der Waals surface area contributed by atoms with E-state index in [9.17, 15) is 4.79 Å². The van der Waals surface area contributed by atoms with Crippen LogP contribution in [0.25, 0.3) is 0 Å². The van der Waals surface area contributed by atoms with Crippen molar-refractivity contribution < 1.29 is 9.53 Å². The number of aryl methyl sites for hydroxylation is 2. The van der Waals surface area contributed by atoms with E-state index < -0.39 is 0 Å². The summed E-state index contributed by atoms with van der Waals surface area (Å²) in [5.74, 6) is 0.589. The fourth-order valence-electron chi connectivity index (χ4n) is 2.37. The molecule has 3 aromatic rings. The van der Waals surface area contributed by atoms with Crippen molar-refractivity contribution in [1.82, 2.24) is 14.8 Å². The summed E-state index contributed by atoms with van der Waals surface area (Å²) in [5, 5.41) is 7.67. The van der Waals surface area contributed by atoms with Gasteiger partial charge in [0.25, 0.3) is 5.91 Å². The number of rotatable bonds is 5. The topological polar surface area (TPSA) is 69.0 Å². The molecule has 1 amide bonds. The molecule has 0 saturated heterocycles. The number of pyridine rings is 1. The molecule has 134 valence electrons. The Bertz CT molecular complexity index is 936. The van der Waals surface area contributed by atoms with Crippen molar-refractivity contribution in [3.05, 3.63) is 69.6 Å². The standard InChI is InChI=1S/C18H16Cl2N4O2/c1-11-8-12(2)21-16(9-11)22-18(25)14-6-7-24(23-14)10-26-15-5-3-4-13(19)17(15)20/h3-9H,10H2,1-2H3,(H,21,22,25). The predicted molar refractivity (Wildman–Crippen MR) is 101 cm³/mol. The maximum atomic E-state index is 12.3. The Morgan fingerprint density at radius 1 is 1.23 bits per heavy atom. The highest BCUT2D eigenvalue weighted by Crippen LogP contribution is 2.31. The molecule has 0 aliphatic carbocycles. The molecule has 0 unspecified atom stereocenters. The van der Waals surface area contributed by atoms with Crippen molar-refractivity contribution in [2.45, 2.75) is 20.6 Å². The highest BCUT2D eigenvalue weighted by molar-refractivity contribution is 6.42. The molecular formula is C18H16Cl2N4O2. The summed E-state index contributed by atoms with van der Waals surface area (Å²) in [6.07, 6.45) is 1.64. The molecule has 0 aliphatic heterocycles. The lowest BCUT2D eigenvalue weighted by Crippen LogP contribution is -2.15. The Balaban J connectivity index is 1.65. The Morgan fingerprint density at radius 3 is 2.81 bits per heavy atom. The Morgan fingerprint density at radius 2 is 2.04 bits per heavy atom. The number of halogens is 2. The number of benzene rings is 1. The van der Waals surface area contributed by atoms with Crippen molar-refractivity contribution in [1.29, 1.82) is 0 Å². The lowest BCUT2D eigenvalue weighted by molar-refractivity contribution is 0.102. The van der Waals surface area contributed by atoms with Gasteiger partial charge in [-0.2, -0.15) is 5.10 Å². The van der Waals surface area contributed by atoms with Crippen LogP contribution < -0.4 is 10.1 Å². The van der Waals surface area contributed by atoms with Gasteiger partial charge in [-0.05, 0) is 49.7 Å². The Labute approximate surface area is 160 Å². The van der Waals surface area contributed by atoms with Gasteiger partial charge < -0.3 is 10.1 Å². The van der Waals surface area contributed by atoms with Crippen LogP contribution in [0, 0.1) is 13.8 Å². The van der Waals surface area contributed by atoms with Crippen LogP contribution in [0.4, 0.5) is 5.82 Å². The van der Waals surface area contributed by atoms with Crippen molar-refractivity contribution in [2.24, 2.45) is 0 Å². The molecule has 0 radical (unpaired) electrons. The van der Waals surface area contributed by atoms with E-state index in [1.54, 1.807) is 36.5 Å². The minimum Gasteiger partial charge on any atom is -0.470 e. The number of carbonyl (C=O) groups excluding carboxylic acids is 1. The minimum absolute atomic E-state index is 0.0924. The van der Waals surface area contributed by atoms with E-state index >= 15 is 0 Å². The maximum Gasteiger partial charge on any atom is 0.277 e. The third kappa shape index (κ3) is 4.33. The van der Waals surface area contributed by atoms with Gasteiger partial charge in [0.05, 0.1) is 5.02 Å². The van der Waals surface area contributed by atoms with Crippen LogP contribution in [-0.4, -0.2) is 20.7 Å². The zero-order valence-electron chi connectivity index (χ0n) is 14.2. The molecule has 2 heterocycles. The first-order valence-electron chi connectivity index (χ1n) is 7.79. The smallest absolute Gasteiger partial charge is 0.277 e. The summed E-state index contributed by atoms with van der Waals surface area (Å²) in [6, 6.07) is 10.4. The molecule has 1 aromatic carbocycles. The average molecular weight is 391 g/mol. The molecule has 26 heavy (non-hydrogen) atoms. The van der Waals surface area contributed by atoms with Crippen molar-refractivity contribution in [2.75, 3.05) is 5.32 Å².